The first-order valence-electron chi connectivity index (χ1n) is 4.33. The second kappa shape index (κ2) is 4.97. The van der Waals surface area contributed by atoms with E-state index in [1.54, 1.807) is 0 Å². The van der Waals surface area contributed by atoms with Gasteiger partial charge >= 0.3 is 0 Å². The molecule has 1 aromatic heterocycles. The number of halogens is 1. The summed E-state index contributed by atoms with van der Waals surface area (Å²) in [5.41, 5.74) is 5.47. The molecular weight excluding hydrogens is 204 g/mol. The number of nitrogen functional groups attached to an aromatic ring is 1. The molecule has 0 aromatic carbocycles. The van der Waals surface area contributed by atoms with Gasteiger partial charge in [-0.3, -0.25) is 0 Å². The average Bonchev–Trinajstić information content (AvgIpc) is 2.20. The highest BCUT2D eigenvalue weighted by Gasteiger charge is 2.07. The molecule has 0 saturated heterocycles. The number of aliphatic hydroxyl groups is 1. The summed E-state index contributed by atoms with van der Waals surface area (Å²) in [6.45, 7) is 2.29. The topological polar surface area (TPSA) is 84.1 Å². The van der Waals surface area contributed by atoms with Gasteiger partial charge in [0.25, 0.3) is 0 Å². The number of rotatable bonds is 4. The maximum Gasteiger partial charge on any atom is 0.150 e. The summed E-state index contributed by atoms with van der Waals surface area (Å²) in [6.07, 6.45) is 1.58. The zero-order valence-electron chi connectivity index (χ0n) is 7.87. The van der Waals surface area contributed by atoms with E-state index in [1.807, 2.05) is 6.92 Å². The first kappa shape index (κ1) is 11.0. The second-order valence-electron chi connectivity index (χ2n) is 2.86. The third-order valence-corrected chi connectivity index (χ3v) is 2.17. The zero-order chi connectivity index (χ0) is 10.6. The Bertz CT molecular complexity index is 307. The van der Waals surface area contributed by atoms with Crippen LogP contribution < -0.4 is 11.1 Å². The van der Waals surface area contributed by atoms with Gasteiger partial charge in [-0.05, 0) is 6.42 Å². The number of hydrogen-bond donors (Lipinski definition) is 3. The highest BCUT2D eigenvalue weighted by molar-refractivity contribution is 6.35. The van der Waals surface area contributed by atoms with Gasteiger partial charge in [0.15, 0.2) is 5.82 Å². The molecule has 1 unspecified atom stereocenters. The van der Waals surface area contributed by atoms with Crippen molar-refractivity contribution in [2.75, 3.05) is 17.6 Å². The summed E-state index contributed by atoms with van der Waals surface area (Å²) in [5, 5.41) is 12.5. The number of nitrogens with two attached hydrogens (primary N) is 1. The standard InChI is InChI=1S/C8H13ClN4O/c1-2-5(14)3-11-8-6(9)7(10)12-4-13-8/h4-5,14H,2-3H2,1H3,(H3,10,11,12,13). The summed E-state index contributed by atoms with van der Waals surface area (Å²) < 4.78 is 0. The summed E-state index contributed by atoms with van der Waals surface area (Å²) >= 11 is 5.83. The molecule has 14 heavy (non-hydrogen) atoms. The van der Waals surface area contributed by atoms with Crippen LogP contribution in [0, 0.1) is 0 Å². The van der Waals surface area contributed by atoms with Crippen LogP contribution in [0.4, 0.5) is 11.6 Å². The third kappa shape index (κ3) is 2.71. The van der Waals surface area contributed by atoms with Crippen LogP contribution in [0.5, 0.6) is 0 Å². The van der Waals surface area contributed by atoms with Crippen molar-refractivity contribution < 1.29 is 5.11 Å². The maximum absolute atomic E-state index is 9.30. The molecule has 0 fully saturated rings. The van der Waals surface area contributed by atoms with Crippen molar-refractivity contribution >= 4 is 23.2 Å². The Kier molecular flexibility index (Phi) is 3.91. The third-order valence-electron chi connectivity index (χ3n) is 1.79. The highest BCUT2D eigenvalue weighted by Crippen LogP contribution is 2.22. The monoisotopic (exact) mass is 216 g/mol. The summed E-state index contributed by atoms with van der Waals surface area (Å²) in [6, 6.07) is 0. The minimum Gasteiger partial charge on any atom is -0.391 e. The fraction of sp³-hybridized carbons (Fsp3) is 0.500. The molecule has 1 rings (SSSR count). The normalized spacial score (nSPS) is 12.5. The fourth-order valence-electron chi connectivity index (χ4n) is 0.866. The highest BCUT2D eigenvalue weighted by atomic mass is 35.5. The maximum atomic E-state index is 9.30. The molecule has 0 saturated carbocycles. The molecule has 1 aromatic rings. The van der Waals surface area contributed by atoms with Gasteiger partial charge in [-0.15, -0.1) is 0 Å². The summed E-state index contributed by atoms with van der Waals surface area (Å²) in [7, 11) is 0. The van der Waals surface area contributed by atoms with E-state index in [9.17, 15) is 5.11 Å². The quantitative estimate of drug-likeness (QED) is 0.696. The van der Waals surface area contributed by atoms with Crippen LogP contribution in [-0.4, -0.2) is 27.7 Å². The number of aliphatic hydroxyl groups excluding tert-OH is 1. The SMILES string of the molecule is CCC(O)CNc1ncnc(N)c1Cl. The lowest BCUT2D eigenvalue weighted by Crippen LogP contribution is -2.19. The van der Waals surface area contributed by atoms with Crippen LogP contribution in [0.1, 0.15) is 13.3 Å². The number of anilines is 2. The van der Waals surface area contributed by atoms with E-state index in [-0.39, 0.29) is 10.8 Å². The number of hydrogen-bond acceptors (Lipinski definition) is 5. The Labute approximate surface area is 87.3 Å². The lowest BCUT2D eigenvalue weighted by atomic mass is 10.3. The van der Waals surface area contributed by atoms with E-state index in [1.165, 1.54) is 6.33 Å². The minimum atomic E-state index is -0.415. The number of aromatic nitrogens is 2. The van der Waals surface area contributed by atoms with Crippen LogP contribution in [0.3, 0.4) is 0 Å². The van der Waals surface area contributed by atoms with Gasteiger partial charge in [0.2, 0.25) is 0 Å². The van der Waals surface area contributed by atoms with Gasteiger partial charge in [-0.1, -0.05) is 18.5 Å². The lowest BCUT2D eigenvalue weighted by Gasteiger charge is -2.11. The number of nitrogens with zero attached hydrogens (tertiary/aromatic N) is 2. The molecule has 1 atom stereocenters. The molecule has 0 aliphatic carbocycles. The molecule has 5 nitrogen and oxygen atoms in total. The van der Waals surface area contributed by atoms with Crippen molar-refractivity contribution in [2.24, 2.45) is 0 Å². The van der Waals surface area contributed by atoms with Crippen LogP contribution in [0.25, 0.3) is 0 Å². The van der Waals surface area contributed by atoms with Gasteiger partial charge in [0.05, 0.1) is 6.10 Å². The molecule has 6 heteroatoms. The van der Waals surface area contributed by atoms with E-state index in [4.69, 9.17) is 17.3 Å². The van der Waals surface area contributed by atoms with Crippen molar-refractivity contribution in [2.45, 2.75) is 19.4 Å². The molecule has 4 N–H and O–H groups in total. The summed E-state index contributed by atoms with van der Waals surface area (Å²) in [5.74, 6) is 0.682. The summed E-state index contributed by atoms with van der Waals surface area (Å²) in [4.78, 5) is 7.62. The Morgan fingerprint density at radius 3 is 3.00 bits per heavy atom. The van der Waals surface area contributed by atoms with Crippen molar-refractivity contribution in [1.29, 1.82) is 0 Å². The van der Waals surface area contributed by atoms with Crippen molar-refractivity contribution in [3.63, 3.8) is 0 Å². The van der Waals surface area contributed by atoms with Crippen molar-refractivity contribution in [3.8, 4) is 0 Å². The Morgan fingerprint density at radius 2 is 2.36 bits per heavy atom. The molecule has 0 aliphatic rings. The Morgan fingerprint density at radius 1 is 1.64 bits per heavy atom. The molecular formula is C8H13ClN4O. The van der Waals surface area contributed by atoms with Crippen LogP contribution in [0.2, 0.25) is 5.02 Å². The second-order valence-corrected chi connectivity index (χ2v) is 3.24. The van der Waals surface area contributed by atoms with E-state index < -0.39 is 6.10 Å². The predicted octanol–water partition coefficient (Wildman–Crippen LogP) is 0.895. The molecule has 1 heterocycles. The molecule has 0 amide bonds. The first-order chi connectivity index (χ1) is 6.65. The lowest BCUT2D eigenvalue weighted by molar-refractivity contribution is 0.183. The smallest absolute Gasteiger partial charge is 0.150 e. The molecule has 78 valence electrons. The van der Waals surface area contributed by atoms with Crippen LogP contribution in [-0.2, 0) is 0 Å². The molecule has 0 radical (unpaired) electrons. The average molecular weight is 217 g/mol. The van der Waals surface area contributed by atoms with Gasteiger partial charge in [0, 0.05) is 6.54 Å². The predicted molar refractivity (Wildman–Crippen MR) is 56.2 cm³/mol. The Balaban J connectivity index is 2.63. The number of nitrogens with one attached hydrogen (secondary N) is 1. The van der Waals surface area contributed by atoms with Crippen LogP contribution in [0.15, 0.2) is 6.33 Å². The molecule has 0 aliphatic heterocycles. The fourth-order valence-corrected chi connectivity index (χ4v) is 1.03. The van der Waals surface area contributed by atoms with E-state index in [0.717, 1.165) is 0 Å². The van der Waals surface area contributed by atoms with Gasteiger partial charge in [-0.2, -0.15) is 0 Å². The van der Waals surface area contributed by atoms with E-state index in [0.29, 0.717) is 18.8 Å². The van der Waals surface area contributed by atoms with E-state index >= 15 is 0 Å². The molecule has 0 spiro atoms. The van der Waals surface area contributed by atoms with Crippen LogP contribution >= 0.6 is 11.6 Å². The Hall–Kier alpha value is -1.07. The minimum absolute atomic E-state index is 0.232. The van der Waals surface area contributed by atoms with Crippen molar-refractivity contribution in [3.05, 3.63) is 11.3 Å². The first-order valence-corrected chi connectivity index (χ1v) is 4.70. The largest absolute Gasteiger partial charge is 0.391 e. The van der Waals surface area contributed by atoms with Crippen molar-refractivity contribution in [1.82, 2.24) is 9.97 Å². The van der Waals surface area contributed by atoms with Gasteiger partial charge < -0.3 is 16.2 Å². The van der Waals surface area contributed by atoms with Gasteiger partial charge in [-0.25, -0.2) is 9.97 Å². The van der Waals surface area contributed by atoms with Gasteiger partial charge in [0.1, 0.15) is 17.2 Å². The molecule has 0 bridgehead atoms. The van der Waals surface area contributed by atoms with E-state index in [2.05, 4.69) is 15.3 Å². The zero-order valence-corrected chi connectivity index (χ0v) is 8.62.